The third kappa shape index (κ3) is 4.50. The largest absolute Gasteiger partial charge is 0.347 e. The van der Waals surface area contributed by atoms with Crippen LogP contribution in [0, 0.1) is 25.6 Å². The summed E-state index contributed by atoms with van der Waals surface area (Å²) in [4.78, 5) is 24.8. The Morgan fingerprint density at radius 3 is 2.44 bits per heavy atom. The molecule has 0 saturated carbocycles. The lowest BCUT2D eigenvalue weighted by Crippen LogP contribution is -2.39. The second-order valence-corrected chi connectivity index (χ2v) is 6.69. The predicted octanol–water partition coefficient (Wildman–Crippen LogP) is 1.96. The minimum Gasteiger partial charge on any atom is -0.347 e. The number of para-hydroxylation sites is 1. The minimum atomic E-state index is -0.400. The van der Waals surface area contributed by atoms with Gasteiger partial charge in [-0.25, -0.2) is 9.82 Å². The highest BCUT2D eigenvalue weighted by molar-refractivity contribution is 5.96. The smallest absolute Gasteiger partial charge is 0.243 e. The Balaban J connectivity index is 1.58. The first-order valence-corrected chi connectivity index (χ1v) is 8.83. The maximum Gasteiger partial charge on any atom is 0.243 e. The molecule has 1 aliphatic heterocycles. The Labute approximate surface area is 157 Å². The van der Waals surface area contributed by atoms with E-state index in [1.165, 1.54) is 12.1 Å². The number of carbonyl (C=O) groups is 2. The van der Waals surface area contributed by atoms with Gasteiger partial charge in [0.15, 0.2) is 0 Å². The summed E-state index contributed by atoms with van der Waals surface area (Å²) in [5, 5.41) is 5.54. The van der Waals surface area contributed by atoms with Gasteiger partial charge in [-0.1, -0.05) is 30.3 Å². The number of hydrazine groups is 1. The quantitative estimate of drug-likeness (QED) is 0.649. The van der Waals surface area contributed by atoms with Gasteiger partial charge in [-0.15, -0.1) is 0 Å². The first-order valence-electron chi connectivity index (χ1n) is 8.83. The van der Waals surface area contributed by atoms with Crippen molar-refractivity contribution >= 4 is 17.5 Å². The molecular formula is C20H23FN4O2. The number of rotatable bonds is 5. The van der Waals surface area contributed by atoms with Gasteiger partial charge in [0.05, 0.1) is 18.5 Å². The first-order chi connectivity index (χ1) is 13.0. The highest BCUT2D eigenvalue weighted by Crippen LogP contribution is 2.25. The lowest BCUT2D eigenvalue weighted by Gasteiger charge is -2.18. The second kappa shape index (κ2) is 8.28. The van der Waals surface area contributed by atoms with Crippen molar-refractivity contribution in [3.63, 3.8) is 0 Å². The molecular weight excluding hydrogens is 347 g/mol. The van der Waals surface area contributed by atoms with Crippen molar-refractivity contribution in [1.82, 2.24) is 16.2 Å². The van der Waals surface area contributed by atoms with Crippen LogP contribution in [0.3, 0.4) is 0 Å². The summed E-state index contributed by atoms with van der Waals surface area (Å²) in [7, 11) is 0. The number of aryl methyl sites for hydroxylation is 2. The highest BCUT2D eigenvalue weighted by atomic mass is 19.1. The van der Waals surface area contributed by atoms with Crippen molar-refractivity contribution in [3.05, 3.63) is 65.0 Å². The maximum atomic E-state index is 13.1. The molecule has 4 N–H and O–H groups in total. The van der Waals surface area contributed by atoms with E-state index in [0.717, 1.165) is 22.4 Å². The SMILES string of the molecule is Cc1cccc(C)c1NC(=O)CNC(=O)C1CNNC1c1ccc(F)cc1. The molecule has 1 heterocycles. The average Bonchev–Trinajstić information content (AvgIpc) is 3.13. The Bertz CT molecular complexity index is 818. The Morgan fingerprint density at radius 1 is 1.11 bits per heavy atom. The summed E-state index contributed by atoms with van der Waals surface area (Å²) in [5.41, 5.74) is 9.50. The zero-order valence-corrected chi connectivity index (χ0v) is 15.3. The molecule has 0 aliphatic carbocycles. The fourth-order valence-electron chi connectivity index (χ4n) is 3.22. The molecule has 0 bridgehead atoms. The van der Waals surface area contributed by atoms with Crippen LogP contribution in [0.2, 0.25) is 0 Å². The molecule has 3 rings (SSSR count). The summed E-state index contributed by atoms with van der Waals surface area (Å²) < 4.78 is 13.1. The molecule has 6 nitrogen and oxygen atoms in total. The molecule has 142 valence electrons. The normalized spacial score (nSPS) is 18.9. The van der Waals surface area contributed by atoms with E-state index in [0.29, 0.717) is 6.54 Å². The summed E-state index contributed by atoms with van der Waals surface area (Å²) in [5.74, 6) is -1.24. The van der Waals surface area contributed by atoms with Gasteiger partial charge in [0.2, 0.25) is 11.8 Å². The number of anilines is 1. The van der Waals surface area contributed by atoms with Gasteiger partial charge in [-0.2, -0.15) is 0 Å². The predicted molar refractivity (Wildman–Crippen MR) is 101 cm³/mol. The van der Waals surface area contributed by atoms with Gasteiger partial charge in [-0.3, -0.25) is 15.0 Å². The number of hydrogen-bond donors (Lipinski definition) is 4. The Hall–Kier alpha value is -2.77. The van der Waals surface area contributed by atoms with Gasteiger partial charge in [-0.05, 0) is 42.7 Å². The van der Waals surface area contributed by atoms with Crippen LogP contribution >= 0.6 is 0 Å². The van der Waals surface area contributed by atoms with Crippen molar-refractivity contribution in [2.75, 3.05) is 18.4 Å². The van der Waals surface area contributed by atoms with Crippen molar-refractivity contribution < 1.29 is 14.0 Å². The molecule has 2 atom stereocenters. The number of benzene rings is 2. The average molecular weight is 370 g/mol. The van der Waals surface area contributed by atoms with Crippen molar-refractivity contribution in [1.29, 1.82) is 0 Å². The summed E-state index contributed by atoms with van der Waals surface area (Å²) in [6.45, 7) is 4.15. The van der Waals surface area contributed by atoms with E-state index in [9.17, 15) is 14.0 Å². The lowest BCUT2D eigenvalue weighted by atomic mass is 9.94. The molecule has 2 aromatic rings. The zero-order valence-electron chi connectivity index (χ0n) is 15.3. The van der Waals surface area contributed by atoms with Crippen LogP contribution < -0.4 is 21.5 Å². The monoisotopic (exact) mass is 370 g/mol. The van der Waals surface area contributed by atoms with E-state index in [1.54, 1.807) is 12.1 Å². The van der Waals surface area contributed by atoms with Crippen molar-refractivity contribution in [2.45, 2.75) is 19.9 Å². The Morgan fingerprint density at radius 2 is 1.78 bits per heavy atom. The van der Waals surface area contributed by atoms with Crippen LogP contribution in [-0.2, 0) is 9.59 Å². The summed E-state index contributed by atoms with van der Waals surface area (Å²) in [6.07, 6.45) is 0. The third-order valence-corrected chi connectivity index (χ3v) is 4.72. The number of halogens is 1. The van der Waals surface area contributed by atoms with Gasteiger partial charge < -0.3 is 10.6 Å². The highest BCUT2D eigenvalue weighted by Gasteiger charge is 2.34. The molecule has 0 radical (unpaired) electrons. The molecule has 7 heteroatoms. The number of hydrogen-bond acceptors (Lipinski definition) is 4. The Kier molecular flexibility index (Phi) is 5.83. The minimum absolute atomic E-state index is 0.112. The molecule has 2 aromatic carbocycles. The molecule has 1 fully saturated rings. The van der Waals surface area contributed by atoms with Crippen molar-refractivity contribution in [3.8, 4) is 0 Å². The fourth-order valence-corrected chi connectivity index (χ4v) is 3.22. The van der Waals surface area contributed by atoms with Crippen LogP contribution in [-0.4, -0.2) is 24.9 Å². The zero-order chi connectivity index (χ0) is 19.4. The van der Waals surface area contributed by atoms with E-state index < -0.39 is 5.92 Å². The van der Waals surface area contributed by atoms with Gasteiger partial charge >= 0.3 is 0 Å². The van der Waals surface area contributed by atoms with Crippen molar-refractivity contribution in [2.24, 2.45) is 5.92 Å². The van der Waals surface area contributed by atoms with Gasteiger partial charge in [0, 0.05) is 12.2 Å². The third-order valence-electron chi connectivity index (χ3n) is 4.72. The standard InChI is InChI=1S/C20H23FN4O2/c1-12-4-3-5-13(2)18(12)24-17(26)11-22-20(27)16-10-23-25-19(16)14-6-8-15(21)9-7-14/h3-9,16,19,23,25H,10-11H2,1-2H3,(H,22,27)(H,24,26). The molecule has 1 saturated heterocycles. The second-order valence-electron chi connectivity index (χ2n) is 6.69. The number of nitrogens with one attached hydrogen (secondary N) is 4. The van der Waals surface area contributed by atoms with Gasteiger partial charge in [0.25, 0.3) is 0 Å². The van der Waals surface area contributed by atoms with Crippen LogP contribution in [0.25, 0.3) is 0 Å². The van der Waals surface area contributed by atoms with E-state index in [2.05, 4.69) is 21.5 Å². The maximum absolute atomic E-state index is 13.1. The fraction of sp³-hybridized carbons (Fsp3) is 0.300. The number of amides is 2. The molecule has 2 unspecified atom stereocenters. The van der Waals surface area contributed by atoms with E-state index in [-0.39, 0.29) is 30.2 Å². The molecule has 1 aliphatic rings. The first kappa shape index (κ1) is 19.0. The molecule has 27 heavy (non-hydrogen) atoms. The summed E-state index contributed by atoms with van der Waals surface area (Å²) >= 11 is 0. The summed E-state index contributed by atoms with van der Waals surface area (Å²) in [6, 6.07) is 11.5. The molecule has 2 amide bonds. The van der Waals surface area contributed by atoms with Crippen LogP contribution in [0.5, 0.6) is 0 Å². The van der Waals surface area contributed by atoms with E-state index >= 15 is 0 Å². The molecule has 0 spiro atoms. The van der Waals surface area contributed by atoms with E-state index in [1.807, 2.05) is 32.0 Å². The van der Waals surface area contributed by atoms with Crippen LogP contribution in [0.4, 0.5) is 10.1 Å². The van der Waals surface area contributed by atoms with E-state index in [4.69, 9.17) is 0 Å². The van der Waals surface area contributed by atoms with Crippen LogP contribution in [0.15, 0.2) is 42.5 Å². The van der Waals surface area contributed by atoms with Gasteiger partial charge in [0.1, 0.15) is 5.82 Å². The topological polar surface area (TPSA) is 82.3 Å². The van der Waals surface area contributed by atoms with Crippen LogP contribution in [0.1, 0.15) is 22.7 Å². The lowest BCUT2D eigenvalue weighted by molar-refractivity contribution is -0.127. The number of carbonyl (C=O) groups excluding carboxylic acids is 2. The molecule has 0 aromatic heterocycles.